The van der Waals surface area contributed by atoms with Crippen LogP contribution in [0.3, 0.4) is 0 Å². The van der Waals surface area contributed by atoms with Crippen LogP contribution in [0.25, 0.3) is 0 Å². The van der Waals surface area contributed by atoms with E-state index in [9.17, 15) is 14.4 Å². The highest BCUT2D eigenvalue weighted by Gasteiger charge is 2.40. The molecule has 1 aliphatic carbocycles. The van der Waals surface area contributed by atoms with Crippen molar-refractivity contribution in [3.8, 4) is 5.75 Å². The van der Waals surface area contributed by atoms with Gasteiger partial charge in [0, 0.05) is 30.6 Å². The van der Waals surface area contributed by atoms with Crippen LogP contribution in [0.4, 0.5) is 0 Å². The number of piperidine rings is 2. The molecular weight excluding hydrogens is 346 g/mol. The fraction of sp³-hybridized carbons (Fsp3) is 0.550. The zero-order chi connectivity index (χ0) is 18.5. The van der Waals surface area contributed by atoms with Gasteiger partial charge in [0.2, 0.25) is 11.8 Å². The largest absolute Gasteiger partial charge is 0.492 e. The van der Waals surface area contributed by atoms with Gasteiger partial charge in [0.25, 0.3) is 5.91 Å². The summed E-state index contributed by atoms with van der Waals surface area (Å²) in [5.41, 5.74) is 1.49. The third-order valence-corrected chi connectivity index (χ3v) is 6.42. The molecule has 7 nitrogen and oxygen atoms in total. The highest BCUT2D eigenvalue weighted by atomic mass is 16.5. The summed E-state index contributed by atoms with van der Waals surface area (Å²) in [5.74, 6) is 0.669. The van der Waals surface area contributed by atoms with Gasteiger partial charge in [-0.05, 0) is 55.4 Å². The van der Waals surface area contributed by atoms with Gasteiger partial charge in [-0.15, -0.1) is 0 Å². The van der Waals surface area contributed by atoms with Gasteiger partial charge in [0.05, 0.1) is 0 Å². The molecule has 4 atom stereocenters. The van der Waals surface area contributed by atoms with E-state index in [0.29, 0.717) is 43.1 Å². The minimum Gasteiger partial charge on any atom is -0.492 e. The fourth-order valence-corrected chi connectivity index (χ4v) is 4.98. The highest BCUT2D eigenvalue weighted by Crippen LogP contribution is 2.36. The number of nitrogens with one attached hydrogen (secondary N) is 2. The fourth-order valence-electron chi connectivity index (χ4n) is 4.98. The first-order chi connectivity index (χ1) is 13.1. The van der Waals surface area contributed by atoms with E-state index in [2.05, 4.69) is 10.6 Å². The van der Waals surface area contributed by atoms with Crippen LogP contribution in [-0.2, 0) is 16.1 Å². The summed E-state index contributed by atoms with van der Waals surface area (Å²) >= 11 is 0. The Labute approximate surface area is 157 Å². The van der Waals surface area contributed by atoms with E-state index < -0.39 is 6.04 Å². The smallest absolute Gasteiger partial charge is 0.255 e. The quantitative estimate of drug-likeness (QED) is 0.772. The summed E-state index contributed by atoms with van der Waals surface area (Å²) in [6.07, 6.45) is 4.46. The SMILES string of the molecule is O=C1CCC(N2Cc3cc(OCC4NC5CCC4C5)ccc3C2=O)C(=O)N1. The van der Waals surface area contributed by atoms with Crippen molar-refractivity contribution in [2.45, 2.75) is 56.8 Å². The van der Waals surface area contributed by atoms with Gasteiger partial charge in [-0.25, -0.2) is 0 Å². The molecule has 4 aliphatic rings. The zero-order valence-electron chi connectivity index (χ0n) is 15.1. The number of imide groups is 1. The summed E-state index contributed by atoms with van der Waals surface area (Å²) in [5, 5.41) is 5.95. The second-order valence-electron chi connectivity index (χ2n) is 8.07. The average molecular weight is 369 g/mol. The van der Waals surface area contributed by atoms with Crippen LogP contribution in [0.15, 0.2) is 18.2 Å². The van der Waals surface area contributed by atoms with Crippen LogP contribution < -0.4 is 15.4 Å². The molecule has 4 unspecified atom stereocenters. The van der Waals surface area contributed by atoms with Crippen LogP contribution in [0.2, 0.25) is 0 Å². The summed E-state index contributed by atoms with van der Waals surface area (Å²) in [6.45, 7) is 1.02. The van der Waals surface area contributed by atoms with Gasteiger partial charge in [-0.3, -0.25) is 19.7 Å². The highest BCUT2D eigenvalue weighted by molar-refractivity contribution is 6.05. The lowest BCUT2D eigenvalue weighted by Gasteiger charge is -2.29. The minimum atomic E-state index is -0.579. The second kappa shape index (κ2) is 6.34. The first-order valence-electron chi connectivity index (χ1n) is 9.75. The molecule has 3 heterocycles. The van der Waals surface area contributed by atoms with E-state index in [4.69, 9.17) is 4.74 Å². The van der Waals surface area contributed by atoms with Crippen molar-refractivity contribution in [1.82, 2.24) is 15.5 Å². The Balaban J connectivity index is 1.26. The number of amides is 3. The van der Waals surface area contributed by atoms with Gasteiger partial charge in [0.15, 0.2) is 0 Å². The molecule has 1 aromatic carbocycles. The average Bonchev–Trinajstić information content (AvgIpc) is 3.35. The van der Waals surface area contributed by atoms with Crippen LogP contribution in [0.5, 0.6) is 5.75 Å². The van der Waals surface area contributed by atoms with Gasteiger partial charge in [-0.2, -0.15) is 0 Å². The topological polar surface area (TPSA) is 87.7 Å². The molecule has 0 aromatic heterocycles. The van der Waals surface area contributed by atoms with Crippen molar-refractivity contribution in [2.75, 3.05) is 6.61 Å². The maximum absolute atomic E-state index is 12.7. The second-order valence-corrected chi connectivity index (χ2v) is 8.07. The molecule has 1 aromatic rings. The molecule has 142 valence electrons. The molecule has 0 spiro atoms. The van der Waals surface area contributed by atoms with E-state index in [-0.39, 0.29) is 24.1 Å². The maximum Gasteiger partial charge on any atom is 0.255 e. The monoisotopic (exact) mass is 369 g/mol. The lowest BCUT2D eigenvalue weighted by molar-refractivity contribution is -0.136. The molecule has 3 amide bonds. The number of carbonyl (C=O) groups excluding carboxylic acids is 3. The van der Waals surface area contributed by atoms with E-state index in [1.807, 2.05) is 12.1 Å². The Morgan fingerprint density at radius 2 is 2.04 bits per heavy atom. The third kappa shape index (κ3) is 2.90. The third-order valence-electron chi connectivity index (χ3n) is 6.42. The molecular formula is C20H23N3O4. The molecule has 1 saturated carbocycles. The van der Waals surface area contributed by atoms with Crippen molar-refractivity contribution < 1.29 is 19.1 Å². The molecule has 7 heteroatoms. The summed E-state index contributed by atoms with van der Waals surface area (Å²) in [7, 11) is 0. The first-order valence-corrected chi connectivity index (χ1v) is 9.75. The zero-order valence-corrected chi connectivity index (χ0v) is 15.1. The Morgan fingerprint density at radius 3 is 2.78 bits per heavy atom. The Morgan fingerprint density at radius 1 is 1.15 bits per heavy atom. The normalized spacial score (nSPS) is 32.0. The first kappa shape index (κ1) is 16.7. The van der Waals surface area contributed by atoms with Crippen molar-refractivity contribution in [2.24, 2.45) is 5.92 Å². The molecule has 2 bridgehead atoms. The molecule has 5 rings (SSSR count). The van der Waals surface area contributed by atoms with Crippen molar-refractivity contribution in [3.63, 3.8) is 0 Å². The van der Waals surface area contributed by atoms with Gasteiger partial charge >= 0.3 is 0 Å². The van der Waals surface area contributed by atoms with Gasteiger partial charge in [0.1, 0.15) is 18.4 Å². The Hall–Kier alpha value is -2.41. The number of rotatable bonds is 4. The standard InChI is InChI=1S/C20H23N3O4/c24-18-6-5-17(19(25)22-18)23-9-12-8-14(3-4-15(12)20(23)26)27-10-16-11-1-2-13(7-11)21-16/h3-4,8,11,13,16-17,21H,1-2,5-7,9-10H2,(H,22,24,25). The van der Waals surface area contributed by atoms with E-state index in [1.54, 1.807) is 11.0 Å². The number of nitrogens with zero attached hydrogens (tertiary/aromatic N) is 1. The van der Waals surface area contributed by atoms with Gasteiger partial charge in [-0.1, -0.05) is 0 Å². The Kier molecular flexibility index (Phi) is 3.93. The summed E-state index contributed by atoms with van der Waals surface area (Å²) in [6, 6.07) is 6.02. The number of benzene rings is 1. The lowest BCUT2D eigenvalue weighted by atomic mass is 10.0. The van der Waals surface area contributed by atoms with E-state index in [0.717, 1.165) is 11.3 Å². The number of hydrogen-bond donors (Lipinski definition) is 2. The minimum absolute atomic E-state index is 0.152. The number of ether oxygens (including phenoxy) is 1. The van der Waals surface area contributed by atoms with Crippen molar-refractivity contribution in [1.29, 1.82) is 0 Å². The van der Waals surface area contributed by atoms with Crippen LogP contribution in [-0.4, -0.2) is 47.4 Å². The molecule has 3 aliphatic heterocycles. The predicted molar refractivity (Wildman–Crippen MR) is 96.0 cm³/mol. The van der Waals surface area contributed by atoms with Crippen LogP contribution in [0, 0.1) is 5.92 Å². The summed E-state index contributed by atoms with van der Waals surface area (Å²) in [4.78, 5) is 37.7. The molecule has 3 fully saturated rings. The number of hydrogen-bond acceptors (Lipinski definition) is 5. The predicted octanol–water partition coefficient (Wildman–Crippen LogP) is 0.967. The van der Waals surface area contributed by atoms with E-state index in [1.165, 1.54) is 19.3 Å². The maximum atomic E-state index is 12.7. The Bertz CT molecular complexity index is 823. The van der Waals surface area contributed by atoms with E-state index >= 15 is 0 Å². The van der Waals surface area contributed by atoms with Crippen LogP contribution in [0.1, 0.15) is 48.0 Å². The molecule has 0 radical (unpaired) electrons. The van der Waals surface area contributed by atoms with Crippen molar-refractivity contribution in [3.05, 3.63) is 29.3 Å². The summed E-state index contributed by atoms with van der Waals surface area (Å²) < 4.78 is 6.00. The van der Waals surface area contributed by atoms with Crippen LogP contribution >= 0.6 is 0 Å². The number of fused-ring (bicyclic) bond motifs is 3. The van der Waals surface area contributed by atoms with Crippen molar-refractivity contribution >= 4 is 17.7 Å². The number of carbonyl (C=O) groups is 3. The molecule has 2 N–H and O–H groups in total. The molecule has 2 saturated heterocycles. The lowest BCUT2D eigenvalue weighted by Crippen LogP contribution is -2.52. The van der Waals surface area contributed by atoms with Gasteiger partial charge < -0.3 is 15.0 Å². The molecule has 27 heavy (non-hydrogen) atoms.